The first-order valence-electron chi connectivity index (χ1n) is 20.4. The maximum absolute atomic E-state index is 14.9. The summed E-state index contributed by atoms with van der Waals surface area (Å²) in [5, 5.41) is 8.86. The van der Waals surface area contributed by atoms with Gasteiger partial charge in [0.05, 0.1) is 30.4 Å². The Morgan fingerprint density at radius 2 is 1.76 bits per heavy atom. The van der Waals surface area contributed by atoms with Crippen LogP contribution in [-0.2, 0) is 30.8 Å². The fourth-order valence-electron chi connectivity index (χ4n) is 7.76. The molecular formula is C43H53F4N7O7S2. The normalized spacial score (nSPS) is 20.8. The molecule has 1 aliphatic carbocycles. The molecule has 5 atom stereocenters. The van der Waals surface area contributed by atoms with Gasteiger partial charge in [0.15, 0.2) is 0 Å². The van der Waals surface area contributed by atoms with Crippen molar-refractivity contribution < 1.29 is 49.8 Å². The third-order valence-corrected chi connectivity index (χ3v) is 13.9. The van der Waals surface area contributed by atoms with Crippen molar-refractivity contribution in [2.45, 2.75) is 104 Å². The van der Waals surface area contributed by atoms with E-state index in [4.69, 9.17) is 19.4 Å². The van der Waals surface area contributed by atoms with Crippen molar-refractivity contribution in [3.05, 3.63) is 64.4 Å². The van der Waals surface area contributed by atoms with Crippen molar-refractivity contribution in [1.29, 1.82) is 0 Å². The lowest BCUT2D eigenvalue weighted by atomic mass is 9.85. The first-order chi connectivity index (χ1) is 29.3. The minimum atomic E-state index is -5.02. The second-order valence-electron chi connectivity index (χ2n) is 17.6. The van der Waals surface area contributed by atoms with Gasteiger partial charge in [-0.3, -0.25) is 14.4 Å². The Morgan fingerprint density at radius 3 is 2.33 bits per heavy atom. The van der Waals surface area contributed by atoms with Crippen LogP contribution in [0.4, 0.5) is 23.2 Å². The summed E-state index contributed by atoms with van der Waals surface area (Å²) in [6.07, 6.45) is -5.43. The molecule has 0 radical (unpaired) electrons. The van der Waals surface area contributed by atoms with Gasteiger partial charge >= 0.3 is 16.4 Å². The Kier molecular flexibility index (Phi) is 13.1. The van der Waals surface area contributed by atoms with E-state index in [0.717, 1.165) is 21.6 Å². The number of carbonyl (C=O) groups excluding carboxylic acids is 3. The van der Waals surface area contributed by atoms with Crippen LogP contribution < -0.4 is 24.8 Å². The van der Waals surface area contributed by atoms with Gasteiger partial charge < -0.3 is 25.0 Å². The van der Waals surface area contributed by atoms with Gasteiger partial charge in [-0.1, -0.05) is 48.0 Å². The van der Waals surface area contributed by atoms with Crippen molar-refractivity contribution in [2.75, 3.05) is 33.1 Å². The van der Waals surface area contributed by atoms with Crippen molar-refractivity contribution >= 4 is 55.9 Å². The summed E-state index contributed by atoms with van der Waals surface area (Å²) in [6, 6.07) is 5.06. The first kappa shape index (κ1) is 47.4. The fraction of sp³-hybridized carbons (Fsp3) is 0.512. The number of benzene rings is 2. The molecule has 2 aromatic carbocycles. The molecular weight excluding hydrogens is 867 g/mol. The third kappa shape index (κ3) is 9.72. The number of likely N-dealkylation sites (tertiary alicyclic amines) is 1. The number of thiazole rings is 1. The summed E-state index contributed by atoms with van der Waals surface area (Å²) >= 11 is 1.42. The number of rotatable bonds is 14. The molecule has 20 heteroatoms. The maximum atomic E-state index is 14.9. The Morgan fingerprint density at radius 1 is 1.06 bits per heavy atom. The number of carbonyl (C=O) groups is 3. The van der Waals surface area contributed by atoms with E-state index in [1.165, 1.54) is 30.3 Å². The van der Waals surface area contributed by atoms with E-state index >= 15 is 0 Å². The van der Waals surface area contributed by atoms with Crippen molar-refractivity contribution in [3.63, 3.8) is 0 Å². The highest BCUT2D eigenvalue weighted by atomic mass is 32.2. The third-order valence-electron chi connectivity index (χ3n) is 11.6. The van der Waals surface area contributed by atoms with Crippen LogP contribution in [0, 0.1) is 24.1 Å². The Bertz CT molecular complexity index is 2530. The fourth-order valence-corrected chi connectivity index (χ4v) is 9.30. The lowest BCUT2D eigenvalue weighted by Gasteiger charge is -2.36. The van der Waals surface area contributed by atoms with Crippen LogP contribution in [0.15, 0.2) is 41.8 Å². The molecule has 3 N–H and O–H groups in total. The van der Waals surface area contributed by atoms with Crippen molar-refractivity contribution in [2.24, 2.45) is 11.3 Å². The minimum Gasteiger partial charge on any atom is -0.496 e. The number of anilines is 1. The Balaban J connectivity index is 1.41. The zero-order valence-electron chi connectivity index (χ0n) is 36.7. The monoisotopic (exact) mass is 919 g/mol. The van der Waals surface area contributed by atoms with Gasteiger partial charge in [-0.15, -0.1) is 11.3 Å². The highest BCUT2D eigenvalue weighted by Crippen LogP contribution is 2.47. The zero-order chi connectivity index (χ0) is 46.6. The van der Waals surface area contributed by atoms with Crippen LogP contribution >= 0.6 is 11.3 Å². The number of pyridine rings is 1. The van der Waals surface area contributed by atoms with Gasteiger partial charge in [0.2, 0.25) is 11.8 Å². The number of aromatic nitrogens is 2. The van der Waals surface area contributed by atoms with E-state index in [2.05, 4.69) is 10.6 Å². The van der Waals surface area contributed by atoms with E-state index < -0.39 is 80.5 Å². The molecule has 3 amide bonds. The lowest BCUT2D eigenvalue weighted by molar-refractivity contribution is -0.141. The summed E-state index contributed by atoms with van der Waals surface area (Å²) in [7, 11) is -0.203. The Labute approximate surface area is 368 Å². The SMILES string of the molecule is CCC1CC1(NC(=O)C1CC(Oc2cc(-c3nc(C(C)C)cs3)nc3c(C)c(OC)ccc23)CN1C(=O)C(Nc1ccc(F)c(C(F)(F)F)c1)C(C)(C)C)C(=O)NS(=O)(=O)N(C)C. The quantitative estimate of drug-likeness (QED) is 0.112. The number of nitrogens with one attached hydrogen (secondary N) is 3. The number of amides is 3. The zero-order valence-corrected chi connectivity index (χ0v) is 38.4. The molecule has 0 spiro atoms. The molecule has 63 heavy (non-hydrogen) atoms. The highest BCUT2D eigenvalue weighted by molar-refractivity contribution is 7.87. The summed E-state index contributed by atoms with van der Waals surface area (Å²) in [5.74, 6) is -3.18. The van der Waals surface area contributed by atoms with Crippen molar-refractivity contribution in [1.82, 2.24) is 29.2 Å². The standard InChI is InChI=1S/C43H53F4N7O7S2/c1-11-24-19-42(24,40(57)52-63(58,59)53(8)9)51-37(55)32-17-26(20-54(32)39(56)36(41(5,6)7)48-25-12-14-29(44)28(16-25)43(45,46)47)61-34-18-30(38-50-31(21-62-38)22(2)3)49-35-23(4)33(60-10)15-13-27(34)35/h12-16,18,21-22,24,26,32,36,48H,11,17,19-20H2,1-10H3,(H,51,55)(H,52,57). The molecule has 2 aliphatic rings. The molecule has 342 valence electrons. The van der Waals surface area contributed by atoms with Gasteiger partial charge in [-0.2, -0.15) is 25.9 Å². The summed E-state index contributed by atoms with van der Waals surface area (Å²) < 4.78 is 96.3. The molecule has 1 saturated carbocycles. The summed E-state index contributed by atoms with van der Waals surface area (Å²) in [5.41, 5.74) is -1.62. The molecule has 2 aromatic heterocycles. The predicted octanol–water partition coefficient (Wildman–Crippen LogP) is 7.04. The van der Waals surface area contributed by atoms with Crippen LogP contribution in [0.5, 0.6) is 11.5 Å². The van der Waals surface area contributed by atoms with E-state index in [1.54, 1.807) is 53.0 Å². The number of ether oxygens (including phenoxy) is 2. The number of fused-ring (bicyclic) bond motifs is 1. The number of hydrogen-bond acceptors (Lipinski definition) is 11. The number of nitrogens with zero attached hydrogens (tertiary/aromatic N) is 4. The van der Waals surface area contributed by atoms with E-state index in [9.17, 15) is 40.4 Å². The van der Waals surface area contributed by atoms with E-state index in [1.807, 2.05) is 30.9 Å². The average molecular weight is 920 g/mol. The topological polar surface area (TPSA) is 172 Å². The molecule has 2 fully saturated rings. The molecule has 14 nitrogen and oxygen atoms in total. The lowest BCUT2D eigenvalue weighted by Crippen LogP contribution is -2.59. The smallest absolute Gasteiger partial charge is 0.419 e. The van der Waals surface area contributed by atoms with Crippen LogP contribution in [0.25, 0.3) is 21.6 Å². The number of hydrogen-bond donors (Lipinski definition) is 3. The summed E-state index contributed by atoms with van der Waals surface area (Å²) in [4.78, 5) is 54.2. The van der Waals surface area contributed by atoms with Crippen LogP contribution in [-0.4, -0.2) is 96.8 Å². The number of alkyl halides is 3. The van der Waals surface area contributed by atoms with Gasteiger partial charge in [0.1, 0.15) is 51.7 Å². The van der Waals surface area contributed by atoms with Crippen LogP contribution in [0.2, 0.25) is 0 Å². The summed E-state index contributed by atoms with van der Waals surface area (Å²) in [6.45, 7) is 12.6. The largest absolute Gasteiger partial charge is 0.496 e. The van der Waals surface area contributed by atoms with Gasteiger partial charge in [0.25, 0.3) is 5.91 Å². The molecule has 1 saturated heterocycles. The second kappa shape index (κ2) is 17.5. The molecule has 4 aromatic rings. The first-order valence-corrected chi connectivity index (χ1v) is 22.7. The Hall–Kier alpha value is -5.08. The average Bonchev–Trinajstić information content (AvgIpc) is 3.47. The highest BCUT2D eigenvalue weighted by Gasteiger charge is 2.62. The van der Waals surface area contributed by atoms with Gasteiger partial charge in [0, 0.05) is 48.6 Å². The maximum Gasteiger partial charge on any atom is 0.419 e. The number of aryl methyl sites for hydroxylation is 1. The second-order valence-corrected chi connectivity index (χ2v) is 20.4. The van der Waals surface area contributed by atoms with Gasteiger partial charge in [-0.25, -0.2) is 19.1 Å². The number of halogens is 4. The molecule has 6 rings (SSSR count). The van der Waals surface area contributed by atoms with Gasteiger partial charge in [-0.05, 0) is 60.9 Å². The molecule has 3 heterocycles. The van der Waals surface area contributed by atoms with Crippen molar-refractivity contribution in [3.8, 4) is 22.2 Å². The molecule has 1 aliphatic heterocycles. The molecule has 0 bridgehead atoms. The van der Waals surface area contributed by atoms with Crippen LogP contribution in [0.1, 0.15) is 83.5 Å². The molecule has 5 unspecified atom stereocenters. The van der Waals surface area contributed by atoms with E-state index in [-0.39, 0.29) is 31.0 Å². The van der Waals surface area contributed by atoms with E-state index in [0.29, 0.717) is 51.7 Å². The van der Waals surface area contributed by atoms with Crippen LogP contribution in [0.3, 0.4) is 0 Å². The minimum absolute atomic E-state index is 0.100. The predicted molar refractivity (Wildman–Crippen MR) is 231 cm³/mol. The number of methoxy groups -OCH3 is 1.